The Morgan fingerprint density at radius 2 is 1.91 bits per heavy atom. The SMILES string of the molecule is CCN(C(=O)c1cc(C)cc(F)c1N/N=C\C=NC)C(C)CNc1ncc(C(F)(F)F)cn1. The number of carbonyl (C=O) groups is 1. The first kappa shape index (κ1) is 25.7. The Labute approximate surface area is 188 Å². The summed E-state index contributed by atoms with van der Waals surface area (Å²) in [4.78, 5) is 25.8. The monoisotopic (exact) mass is 467 g/mol. The van der Waals surface area contributed by atoms with Gasteiger partial charge in [0.25, 0.3) is 5.91 Å². The molecule has 1 amide bonds. The highest BCUT2D eigenvalue weighted by molar-refractivity contribution is 6.16. The summed E-state index contributed by atoms with van der Waals surface area (Å²) in [6.45, 7) is 5.63. The highest BCUT2D eigenvalue weighted by atomic mass is 19.4. The molecule has 0 radical (unpaired) electrons. The highest BCUT2D eigenvalue weighted by Crippen LogP contribution is 2.28. The topological polar surface area (TPSA) is 94.9 Å². The van der Waals surface area contributed by atoms with E-state index in [9.17, 15) is 22.4 Å². The van der Waals surface area contributed by atoms with Crippen LogP contribution in [0.2, 0.25) is 0 Å². The number of alkyl halides is 3. The standard InChI is InChI=1S/C21H25F4N7O/c1-5-32(14(3)10-27-20-28-11-15(12-29-20)21(23,24)25)19(33)16-8-13(2)9-17(22)18(16)31-30-7-6-26-4/h6-9,11-12,14,31H,5,10H2,1-4H3,(H,27,28,29)/b26-6?,30-7-. The first-order valence-electron chi connectivity index (χ1n) is 10.0. The van der Waals surface area contributed by atoms with Crippen LogP contribution in [0.3, 0.4) is 0 Å². The third-order valence-electron chi connectivity index (χ3n) is 4.60. The molecule has 0 aliphatic rings. The van der Waals surface area contributed by atoms with Crippen LogP contribution in [0.4, 0.5) is 29.2 Å². The van der Waals surface area contributed by atoms with Crippen molar-refractivity contribution < 1.29 is 22.4 Å². The van der Waals surface area contributed by atoms with Crippen molar-refractivity contribution in [1.82, 2.24) is 14.9 Å². The number of aryl methyl sites for hydroxylation is 1. The van der Waals surface area contributed by atoms with Gasteiger partial charge in [0.2, 0.25) is 5.95 Å². The van der Waals surface area contributed by atoms with E-state index in [4.69, 9.17) is 0 Å². The van der Waals surface area contributed by atoms with Gasteiger partial charge in [-0.1, -0.05) is 0 Å². The van der Waals surface area contributed by atoms with Crippen molar-refractivity contribution in [3.05, 3.63) is 47.0 Å². The molecule has 1 aromatic carbocycles. The van der Waals surface area contributed by atoms with Gasteiger partial charge >= 0.3 is 6.18 Å². The number of likely N-dealkylation sites (N-methyl/N-ethyl adjacent to an activating group) is 1. The molecule has 12 heteroatoms. The smallest absolute Gasteiger partial charge is 0.352 e. The largest absolute Gasteiger partial charge is 0.419 e. The van der Waals surface area contributed by atoms with E-state index in [-0.39, 0.29) is 23.7 Å². The molecule has 0 spiro atoms. The van der Waals surface area contributed by atoms with E-state index in [0.29, 0.717) is 24.5 Å². The van der Waals surface area contributed by atoms with Gasteiger partial charge in [0.1, 0.15) is 11.5 Å². The number of hydrazone groups is 1. The first-order valence-corrected chi connectivity index (χ1v) is 10.0. The van der Waals surface area contributed by atoms with Crippen LogP contribution >= 0.6 is 0 Å². The zero-order chi connectivity index (χ0) is 24.6. The normalized spacial score (nSPS) is 12.8. The Morgan fingerprint density at radius 3 is 2.48 bits per heavy atom. The first-order chi connectivity index (χ1) is 15.6. The average Bonchev–Trinajstić information content (AvgIpc) is 2.76. The molecule has 0 bridgehead atoms. The van der Waals surface area contributed by atoms with Gasteiger partial charge in [-0.2, -0.15) is 18.3 Å². The van der Waals surface area contributed by atoms with E-state index in [1.807, 2.05) is 0 Å². The quantitative estimate of drug-likeness (QED) is 0.330. The second-order valence-electron chi connectivity index (χ2n) is 7.08. The lowest BCUT2D eigenvalue weighted by molar-refractivity contribution is -0.138. The van der Waals surface area contributed by atoms with Gasteiger partial charge in [-0.15, -0.1) is 0 Å². The minimum atomic E-state index is -4.53. The number of nitrogens with one attached hydrogen (secondary N) is 2. The van der Waals surface area contributed by atoms with E-state index in [1.165, 1.54) is 23.4 Å². The maximum atomic E-state index is 14.6. The number of halogens is 4. The number of nitrogens with zero attached hydrogens (tertiary/aromatic N) is 5. The van der Waals surface area contributed by atoms with Crippen molar-refractivity contribution in [2.45, 2.75) is 33.0 Å². The Kier molecular flexibility index (Phi) is 8.83. The Balaban J connectivity index is 2.18. The minimum absolute atomic E-state index is 0.00534. The number of aliphatic imine (C=N–C) groups is 1. The second-order valence-corrected chi connectivity index (χ2v) is 7.08. The molecule has 0 aliphatic carbocycles. The lowest BCUT2D eigenvalue weighted by Gasteiger charge is -2.29. The molecule has 1 heterocycles. The fourth-order valence-corrected chi connectivity index (χ4v) is 2.95. The molecular formula is C21H25F4N7O. The Hall–Kier alpha value is -3.57. The molecule has 1 aromatic heterocycles. The van der Waals surface area contributed by atoms with Crippen LogP contribution in [-0.4, -0.2) is 59.4 Å². The summed E-state index contributed by atoms with van der Waals surface area (Å²) in [5.41, 5.74) is 2.17. The van der Waals surface area contributed by atoms with Crippen LogP contribution in [0, 0.1) is 12.7 Å². The van der Waals surface area contributed by atoms with Gasteiger partial charge in [0, 0.05) is 44.8 Å². The third kappa shape index (κ3) is 6.96. The Bertz CT molecular complexity index is 1010. The van der Waals surface area contributed by atoms with E-state index in [0.717, 1.165) is 0 Å². The molecular weight excluding hydrogens is 442 g/mol. The number of amides is 1. The molecule has 8 nitrogen and oxygen atoms in total. The van der Waals surface area contributed by atoms with Gasteiger partial charge in [0.15, 0.2) is 0 Å². The minimum Gasteiger partial charge on any atom is -0.352 e. The second kappa shape index (κ2) is 11.3. The molecule has 178 valence electrons. The van der Waals surface area contributed by atoms with Crippen molar-refractivity contribution in [2.24, 2.45) is 10.1 Å². The maximum Gasteiger partial charge on any atom is 0.419 e. The Morgan fingerprint density at radius 1 is 1.24 bits per heavy atom. The number of carbonyl (C=O) groups excluding carboxylic acids is 1. The predicted octanol–water partition coefficient (Wildman–Crippen LogP) is 4.00. The summed E-state index contributed by atoms with van der Waals surface area (Å²) >= 11 is 0. The zero-order valence-electron chi connectivity index (χ0n) is 18.6. The van der Waals surface area contributed by atoms with Gasteiger partial charge in [-0.05, 0) is 38.5 Å². The summed E-state index contributed by atoms with van der Waals surface area (Å²) in [6, 6.07) is 2.42. The van der Waals surface area contributed by atoms with Crippen LogP contribution in [0.15, 0.2) is 34.6 Å². The van der Waals surface area contributed by atoms with E-state index >= 15 is 0 Å². The molecule has 0 saturated carbocycles. The molecule has 2 aromatic rings. The van der Waals surface area contributed by atoms with Crippen molar-refractivity contribution in [1.29, 1.82) is 0 Å². The molecule has 2 rings (SSSR count). The molecule has 0 aliphatic heterocycles. The van der Waals surface area contributed by atoms with Gasteiger partial charge in [0.05, 0.1) is 17.3 Å². The summed E-state index contributed by atoms with van der Waals surface area (Å²) in [7, 11) is 1.55. The fraction of sp³-hybridized carbons (Fsp3) is 0.381. The summed E-state index contributed by atoms with van der Waals surface area (Å²) in [5.74, 6) is -1.08. The van der Waals surface area contributed by atoms with Crippen molar-refractivity contribution in [2.75, 3.05) is 30.9 Å². The van der Waals surface area contributed by atoms with Crippen LogP contribution in [-0.2, 0) is 6.18 Å². The van der Waals surface area contributed by atoms with Crippen molar-refractivity contribution in [3.63, 3.8) is 0 Å². The summed E-state index contributed by atoms with van der Waals surface area (Å²) < 4.78 is 52.5. The van der Waals surface area contributed by atoms with Crippen molar-refractivity contribution >= 4 is 30.0 Å². The molecule has 1 atom stereocenters. The number of aromatic nitrogens is 2. The number of rotatable bonds is 9. The lowest BCUT2D eigenvalue weighted by Crippen LogP contribution is -2.42. The van der Waals surface area contributed by atoms with Crippen LogP contribution in [0.5, 0.6) is 0 Å². The van der Waals surface area contributed by atoms with Crippen LogP contribution in [0.25, 0.3) is 0 Å². The number of anilines is 2. The average molecular weight is 467 g/mol. The molecule has 33 heavy (non-hydrogen) atoms. The van der Waals surface area contributed by atoms with E-state index < -0.39 is 29.5 Å². The molecule has 0 saturated heterocycles. The lowest BCUT2D eigenvalue weighted by atomic mass is 10.1. The van der Waals surface area contributed by atoms with Crippen molar-refractivity contribution in [3.8, 4) is 0 Å². The van der Waals surface area contributed by atoms with E-state index in [2.05, 4.69) is 30.8 Å². The van der Waals surface area contributed by atoms with Crippen LogP contribution in [0.1, 0.15) is 35.3 Å². The fourth-order valence-electron chi connectivity index (χ4n) is 2.95. The maximum absolute atomic E-state index is 14.6. The van der Waals surface area contributed by atoms with Gasteiger partial charge in [-0.25, -0.2) is 14.4 Å². The highest BCUT2D eigenvalue weighted by Gasteiger charge is 2.31. The van der Waals surface area contributed by atoms with E-state index in [1.54, 1.807) is 33.9 Å². The number of hydrogen-bond donors (Lipinski definition) is 2. The molecule has 1 unspecified atom stereocenters. The third-order valence-corrected chi connectivity index (χ3v) is 4.60. The number of benzene rings is 1. The number of hydrogen-bond acceptors (Lipinski definition) is 7. The molecule has 2 N–H and O–H groups in total. The summed E-state index contributed by atoms with van der Waals surface area (Å²) in [6.07, 6.45) is -0.447. The predicted molar refractivity (Wildman–Crippen MR) is 119 cm³/mol. The molecule has 0 fully saturated rings. The summed E-state index contributed by atoms with van der Waals surface area (Å²) in [5, 5.41) is 6.67. The van der Waals surface area contributed by atoms with Gasteiger partial charge in [-0.3, -0.25) is 15.2 Å². The van der Waals surface area contributed by atoms with Gasteiger partial charge < -0.3 is 10.2 Å². The zero-order valence-corrected chi connectivity index (χ0v) is 18.6. The van der Waals surface area contributed by atoms with Crippen LogP contribution < -0.4 is 10.7 Å².